The van der Waals surface area contributed by atoms with Gasteiger partial charge >= 0.3 is 5.69 Å². The highest BCUT2D eigenvalue weighted by Gasteiger charge is 2.35. The summed E-state index contributed by atoms with van der Waals surface area (Å²) in [5, 5.41) is 0. The topological polar surface area (TPSA) is 71.7 Å². The van der Waals surface area contributed by atoms with Gasteiger partial charge in [0.05, 0.1) is 11.7 Å². The van der Waals surface area contributed by atoms with Crippen LogP contribution in [0.25, 0.3) is 0 Å². The van der Waals surface area contributed by atoms with Crippen LogP contribution >= 0.6 is 0 Å². The molecule has 0 radical (unpaired) electrons. The summed E-state index contributed by atoms with van der Waals surface area (Å²) >= 11 is 0. The lowest BCUT2D eigenvalue weighted by molar-refractivity contribution is 0.0360. The number of aromatic nitrogens is 2. The number of hydrogen-bond donors (Lipinski definition) is 0. The number of rotatable bonds is 4. The molecule has 0 saturated heterocycles. The molecular formula is C13H16N2O5. The van der Waals surface area contributed by atoms with E-state index in [0.717, 1.165) is 4.57 Å². The van der Waals surface area contributed by atoms with Crippen LogP contribution in [0.1, 0.15) is 17.4 Å². The molecule has 0 N–H and O–H groups in total. The van der Waals surface area contributed by atoms with Gasteiger partial charge in [0.25, 0.3) is 5.56 Å². The van der Waals surface area contributed by atoms with E-state index in [9.17, 15) is 9.59 Å². The second-order valence-electron chi connectivity index (χ2n) is 4.82. The van der Waals surface area contributed by atoms with Crippen molar-refractivity contribution in [1.29, 1.82) is 0 Å². The largest absolute Gasteiger partial charge is 0.364 e. The monoisotopic (exact) mass is 280 g/mol. The summed E-state index contributed by atoms with van der Waals surface area (Å²) in [5.41, 5.74) is 0.428. The molecule has 108 valence electrons. The molecule has 0 unspecified atom stereocenters. The molecule has 0 aromatic carbocycles. The summed E-state index contributed by atoms with van der Waals surface area (Å²) in [4.78, 5) is 24.9. The maximum absolute atomic E-state index is 12.5. The molecule has 0 aliphatic carbocycles. The lowest BCUT2D eigenvalue weighted by Gasteiger charge is -2.27. The van der Waals surface area contributed by atoms with Crippen LogP contribution < -0.4 is 11.2 Å². The first kappa shape index (κ1) is 13.3. The minimum Gasteiger partial charge on any atom is -0.364 e. The Morgan fingerprint density at radius 1 is 1.20 bits per heavy atom. The molecule has 2 atom stereocenters. The van der Waals surface area contributed by atoms with Gasteiger partial charge in [-0.2, -0.15) is 0 Å². The standard InChI is InChI=1S/C13H16N2O5/c1-18-6-14-9-5-8-3-4-10(20-8)11(9)12(16)15(7-19-2)13(14)17/h3-4,8,10H,5-7H2,1-2H3/t8-,10+/m1/s1. The first-order valence-electron chi connectivity index (χ1n) is 6.35. The predicted molar refractivity (Wildman–Crippen MR) is 69.4 cm³/mol. The van der Waals surface area contributed by atoms with Gasteiger partial charge in [0.1, 0.15) is 19.6 Å². The van der Waals surface area contributed by atoms with E-state index < -0.39 is 5.69 Å². The number of methoxy groups -OCH3 is 2. The average molecular weight is 280 g/mol. The molecule has 0 spiro atoms. The van der Waals surface area contributed by atoms with Crippen LogP contribution in [-0.4, -0.2) is 29.5 Å². The van der Waals surface area contributed by atoms with Gasteiger partial charge in [-0.15, -0.1) is 0 Å². The first-order chi connectivity index (χ1) is 9.67. The summed E-state index contributed by atoms with van der Waals surface area (Å²) in [6, 6.07) is 0. The van der Waals surface area contributed by atoms with E-state index in [2.05, 4.69) is 0 Å². The molecule has 0 fully saturated rings. The smallest absolute Gasteiger partial charge is 0.335 e. The molecule has 2 aliphatic rings. The van der Waals surface area contributed by atoms with Crippen molar-refractivity contribution in [2.24, 2.45) is 0 Å². The van der Waals surface area contributed by atoms with Crippen molar-refractivity contribution < 1.29 is 14.2 Å². The Morgan fingerprint density at radius 2 is 1.90 bits per heavy atom. The van der Waals surface area contributed by atoms with Gasteiger partial charge in [-0.3, -0.25) is 9.36 Å². The Hall–Kier alpha value is -1.70. The summed E-state index contributed by atoms with van der Waals surface area (Å²) in [5.74, 6) is 0. The van der Waals surface area contributed by atoms with E-state index in [1.165, 1.54) is 18.8 Å². The lowest BCUT2D eigenvalue weighted by Crippen LogP contribution is -2.46. The van der Waals surface area contributed by atoms with Crippen LogP contribution in [0, 0.1) is 0 Å². The molecule has 0 saturated carbocycles. The van der Waals surface area contributed by atoms with Crippen LogP contribution in [0.15, 0.2) is 21.7 Å². The molecule has 20 heavy (non-hydrogen) atoms. The Balaban J connectivity index is 2.27. The Bertz CT molecular complexity index is 673. The predicted octanol–water partition coefficient (Wildman–Crippen LogP) is -0.230. The molecule has 1 aromatic rings. The van der Waals surface area contributed by atoms with Crippen LogP contribution in [0.4, 0.5) is 0 Å². The normalized spacial score (nSPS) is 23.1. The Morgan fingerprint density at radius 3 is 2.60 bits per heavy atom. The van der Waals surface area contributed by atoms with Crippen LogP contribution in [-0.2, 0) is 34.1 Å². The van der Waals surface area contributed by atoms with Crippen molar-refractivity contribution in [1.82, 2.24) is 9.13 Å². The van der Waals surface area contributed by atoms with Crippen LogP contribution in [0.3, 0.4) is 0 Å². The maximum Gasteiger partial charge on any atom is 0.335 e. The van der Waals surface area contributed by atoms with E-state index in [1.54, 1.807) is 0 Å². The SMILES string of the molecule is COCn1c2c(c(=O)n(COC)c1=O)[C@@H]1C=C[C@H](C2)O1. The Labute approximate surface area is 115 Å². The summed E-state index contributed by atoms with van der Waals surface area (Å²) in [6.45, 7) is 0.0130. The zero-order chi connectivity index (χ0) is 14.3. The quantitative estimate of drug-likeness (QED) is 0.712. The van der Waals surface area contributed by atoms with E-state index in [0.29, 0.717) is 17.7 Å². The van der Waals surface area contributed by atoms with Gasteiger partial charge in [-0.05, 0) is 0 Å². The Kier molecular flexibility index (Phi) is 3.33. The van der Waals surface area contributed by atoms with Gasteiger partial charge in [-0.25, -0.2) is 9.36 Å². The second-order valence-corrected chi connectivity index (χ2v) is 4.82. The lowest BCUT2D eigenvalue weighted by atomic mass is 10.0. The van der Waals surface area contributed by atoms with Crippen molar-refractivity contribution in [3.8, 4) is 0 Å². The van der Waals surface area contributed by atoms with Gasteiger partial charge in [-0.1, -0.05) is 12.2 Å². The number of fused-ring (bicyclic) bond motifs is 4. The highest BCUT2D eigenvalue weighted by molar-refractivity contribution is 5.32. The zero-order valence-corrected chi connectivity index (χ0v) is 11.4. The summed E-state index contributed by atoms with van der Waals surface area (Å²) < 4.78 is 18.3. The fourth-order valence-electron chi connectivity index (χ4n) is 2.75. The third-order valence-corrected chi connectivity index (χ3v) is 3.59. The third-order valence-electron chi connectivity index (χ3n) is 3.59. The van der Waals surface area contributed by atoms with Crippen molar-refractivity contribution in [3.63, 3.8) is 0 Å². The van der Waals surface area contributed by atoms with Gasteiger partial charge in [0, 0.05) is 26.3 Å². The minimum atomic E-state index is -0.418. The van der Waals surface area contributed by atoms with Crippen molar-refractivity contribution in [2.75, 3.05) is 14.2 Å². The highest BCUT2D eigenvalue weighted by Crippen LogP contribution is 2.33. The second kappa shape index (κ2) is 5.01. The summed E-state index contributed by atoms with van der Waals surface area (Å²) in [6.07, 6.45) is 3.82. The fourth-order valence-corrected chi connectivity index (χ4v) is 2.75. The van der Waals surface area contributed by atoms with Crippen LogP contribution in [0.5, 0.6) is 0 Å². The number of hydrogen-bond acceptors (Lipinski definition) is 5. The van der Waals surface area contributed by atoms with E-state index in [4.69, 9.17) is 14.2 Å². The summed E-state index contributed by atoms with van der Waals surface area (Å²) in [7, 11) is 2.95. The van der Waals surface area contributed by atoms with E-state index in [1.807, 2.05) is 12.2 Å². The maximum atomic E-state index is 12.5. The molecule has 7 nitrogen and oxygen atoms in total. The van der Waals surface area contributed by atoms with Crippen molar-refractivity contribution in [2.45, 2.75) is 32.1 Å². The van der Waals surface area contributed by atoms with Crippen molar-refractivity contribution in [3.05, 3.63) is 44.2 Å². The van der Waals surface area contributed by atoms with E-state index in [-0.39, 0.29) is 31.2 Å². The zero-order valence-electron chi connectivity index (χ0n) is 11.4. The van der Waals surface area contributed by atoms with Gasteiger partial charge in [0.15, 0.2) is 0 Å². The molecule has 2 aliphatic heterocycles. The molecular weight excluding hydrogens is 264 g/mol. The highest BCUT2D eigenvalue weighted by atomic mass is 16.5. The van der Waals surface area contributed by atoms with Crippen molar-refractivity contribution >= 4 is 0 Å². The number of ether oxygens (including phenoxy) is 3. The third kappa shape index (κ3) is 1.86. The molecule has 7 heteroatoms. The molecule has 1 aromatic heterocycles. The van der Waals surface area contributed by atoms with Gasteiger partial charge < -0.3 is 14.2 Å². The average Bonchev–Trinajstić information content (AvgIpc) is 2.81. The fraction of sp³-hybridized carbons (Fsp3) is 0.538. The first-order valence-corrected chi connectivity index (χ1v) is 6.35. The molecule has 3 heterocycles. The molecule has 3 rings (SSSR count). The minimum absolute atomic E-state index is 0.0762. The van der Waals surface area contributed by atoms with Gasteiger partial charge in [0.2, 0.25) is 0 Å². The molecule has 2 bridgehead atoms. The van der Waals surface area contributed by atoms with E-state index >= 15 is 0 Å². The molecule has 0 amide bonds. The van der Waals surface area contributed by atoms with Crippen LogP contribution in [0.2, 0.25) is 0 Å². The number of nitrogens with zero attached hydrogens (tertiary/aromatic N) is 2.